The Morgan fingerprint density at radius 2 is 1.54 bits per heavy atom. The number of aromatic nitrogens is 2. The van der Waals surface area contributed by atoms with Crippen LogP contribution in [0.4, 0.5) is 16.4 Å². The van der Waals surface area contributed by atoms with E-state index in [2.05, 4.69) is 37.8 Å². The van der Waals surface area contributed by atoms with Crippen LogP contribution in [-0.4, -0.2) is 91.9 Å². The first kappa shape index (κ1) is 16.8. The number of ether oxygens (including phenoxy) is 1. The number of hydrogen-bond acceptors (Lipinski definition) is 7. The largest absolute Gasteiger partial charge is 0.450 e. The van der Waals surface area contributed by atoms with E-state index in [1.165, 1.54) is 0 Å². The Bertz CT molecular complexity index is 553. The van der Waals surface area contributed by atoms with E-state index in [1.807, 2.05) is 6.92 Å². The summed E-state index contributed by atoms with van der Waals surface area (Å²) in [4.78, 5) is 29.2. The summed E-state index contributed by atoms with van der Waals surface area (Å²) >= 11 is 0. The van der Waals surface area contributed by atoms with Crippen molar-refractivity contribution in [2.24, 2.45) is 0 Å². The minimum absolute atomic E-state index is 0.224. The molecule has 24 heavy (non-hydrogen) atoms. The third kappa shape index (κ3) is 3.87. The lowest BCUT2D eigenvalue weighted by Crippen LogP contribution is -2.49. The Morgan fingerprint density at radius 3 is 2.08 bits per heavy atom. The molecule has 2 aliphatic rings. The van der Waals surface area contributed by atoms with Gasteiger partial charge in [-0.3, -0.25) is 0 Å². The van der Waals surface area contributed by atoms with Gasteiger partial charge in [-0.2, -0.15) is 0 Å². The summed E-state index contributed by atoms with van der Waals surface area (Å²) in [5, 5.41) is 0. The first-order chi connectivity index (χ1) is 11.7. The average molecular weight is 334 g/mol. The summed E-state index contributed by atoms with van der Waals surface area (Å²) in [6.07, 6.45) is 1.42. The van der Waals surface area contributed by atoms with Gasteiger partial charge in [0.15, 0.2) is 0 Å². The van der Waals surface area contributed by atoms with Gasteiger partial charge >= 0.3 is 6.09 Å². The van der Waals surface area contributed by atoms with Crippen molar-refractivity contribution in [1.29, 1.82) is 0 Å². The molecular weight excluding hydrogens is 308 g/mol. The number of carbonyl (C=O) groups excluding carboxylic acids is 1. The number of hydrogen-bond donors (Lipinski definition) is 0. The van der Waals surface area contributed by atoms with Gasteiger partial charge < -0.3 is 24.3 Å². The van der Waals surface area contributed by atoms with Gasteiger partial charge in [-0.25, -0.2) is 14.8 Å². The molecule has 0 unspecified atom stereocenters. The smallest absolute Gasteiger partial charge is 0.409 e. The third-order valence-corrected chi connectivity index (χ3v) is 4.60. The summed E-state index contributed by atoms with van der Waals surface area (Å²) in [5.41, 5.74) is 0. The molecule has 132 valence electrons. The van der Waals surface area contributed by atoms with Gasteiger partial charge in [0.25, 0.3) is 0 Å². The first-order valence-electron chi connectivity index (χ1n) is 8.59. The third-order valence-electron chi connectivity index (χ3n) is 4.60. The van der Waals surface area contributed by atoms with Crippen LogP contribution in [-0.2, 0) is 4.74 Å². The zero-order valence-electron chi connectivity index (χ0n) is 14.5. The molecule has 0 spiro atoms. The lowest BCUT2D eigenvalue weighted by molar-refractivity contribution is 0.105. The topological polar surface area (TPSA) is 65.0 Å². The number of nitrogens with zero attached hydrogens (tertiary/aromatic N) is 6. The zero-order valence-corrected chi connectivity index (χ0v) is 14.5. The summed E-state index contributed by atoms with van der Waals surface area (Å²) in [5.74, 6) is 1.92. The lowest BCUT2D eigenvalue weighted by Gasteiger charge is -2.36. The van der Waals surface area contributed by atoms with Crippen LogP contribution < -0.4 is 9.80 Å². The molecule has 0 bridgehead atoms. The van der Waals surface area contributed by atoms with E-state index in [9.17, 15) is 4.79 Å². The molecule has 2 saturated heterocycles. The van der Waals surface area contributed by atoms with Crippen molar-refractivity contribution >= 4 is 17.7 Å². The molecule has 3 rings (SSSR count). The predicted octanol–water partition coefficient (Wildman–Crippen LogP) is 0.507. The highest BCUT2D eigenvalue weighted by molar-refractivity contribution is 5.68. The fraction of sp³-hybridized carbons (Fsp3) is 0.688. The lowest BCUT2D eigenvalue weighted by atomic mass is 10.3. The Kier molecular flexibility index (Phi) is 5.34. The fourth-order valence-electron chi connectivity index (χ4n) is 3.05. The fourth-order valence-corrected chi connectivity index (χ4v) is 3.05. The van der Waals surface area contributed by atoms with E-state index in [-0.39, 0.29) is 6.09 Å². The van der Waals surface area contributed by atoms with Crippen LogP contribution in [0.1, 0.15) is 6.92 Å². The molecular formula is C16H26N6O2. The molecule has 1 aromatic heterocycles. The molecule has 0 aromatic carbocycles. The number of rotatable bonds is 3. The zero-order chi connectivity index (χ0) is 16.9. The van der Waals surface area contributed by atoms with Crippen molar-refractivity contribution < 1.29 is 9.53 Å². The van der Waals surface area contributed by atoms with Crippen LogP contribution in [0.15, 0.2) is 12.4 Å². The monoisotopic (exact) mass is 334 g/mol. The van der Waals surface area contributed by atoms with Crippen LogP contribution in [0.5, 0.6) is 0 Å². The molecule has 1 amide bonds. The van der Waals surface area contributed by atoms with Gasteiger partial charge in [0, 0.05) is 58.4 Å². The normalized spacial score (nSPS) is 19.5. The summed E-state index contributed by atoms with van der Waals surface area (Å²) < 4.78 is 5.06. The molecule has 3 heterocycles. The van der Waals surface area contributed by atoms with Crippen molar-refractivity contribution in [3.05, 3.63) is 12.4 Å². The van der Waals surface area contributed by atoms with E-state index >= 15 is 0 Å². The summed E-state index contributed by atoms with van der Waals surface area (Å²) in [6.45, 7) is 9.17. The van der Waals surface area contributed by atoms with Crippen molar-refractivity contribution in [2.45, 2.75) is 6.92 Å². The Hall–Kier alpha value is -2.09. The second-order valence-corrected chi connectivity index (χ2v) is 6.20. The molecule has 0 radical (unpaired) electrons. The van der Waals surface area contributed by atoms with Crippen molar-refractivity contribution in [3.63, 3.8) is 0 Å². The van der Waals surface area contributed by atoms with Crippen molar-refractivity contribution in [3.8, 4) is 0 Å². The molecule has 1 aromatic rings. The molecule has 0 atom stereocenters. The van der Waals surface area contributed by atoms with E-state index in [0.29, 0.717) is 19.7 Å². The highest BCUT2D eigenvalue weighted by Crippen LogP contribution is 2.20. The van der Waals surface area contributed by atoms with Gasteiger partial charge in [0.2, 0.25) is 0 Å². The number of amides is 1. The van der Waals surface area contributed by atoms with Crippen LogP contribution in [0.2, 0.25) is 0 Å². The van der Waals surface area contributed by atoms with Gasteiger partial charge in [-0.1, -0.05) is 0 Å². The molecule has 8 nitrogen and oxygen atoms in total. The highest BCUT2D eigenvalue weighted by Gasteiger charge is 2.23. The van der Waals surface area contributed by atoms with Crippen LogP contribution >= 0.6 is 0 Å². The Labute approximate surface area is 143 Å². The number of likely N-dealkylation sites (N-methyl/N-ethyl adjacent to an activating group) is 1. The van der Waals surface area contributed by atoms with E-state index in [1.54, 1.807) is 11.2 Å². The highest BCUT2D eigenvalue weighted by atomic mass is 16.6. The SMILES string of the molecule is CCOC(=O)N1CCN(c2cc(N3CCN(C)CC3)ncn2)CC1. The quantitative estimate of drug-likeness (QED) is 0.798. The van der Waals surface area contributed by atoms with Gasteiger partial charge in [-0.15, -0.1) is 0 Å². The summed E-state index contributed by atoms with van der Waals surface area (Å²) in [7, 11) is 2.14. The molecule has 0 saturated carbocycles. The van der Waals surface area contributed by atoms with E-state index < -0.39 is 0 Å². The maximum Gasteiger partial charge on any atom is 0.409 e. The standard InChI is InChI=1S/C16H26N6O2/c1-3-24-16(23)22-10-8-21(9-11-22)15-12-14(17-13-18-15)20-6-4-19(2)5-7-20/h12-13H,3-11H2,1-2H3. The minimum Gasteiger partial charge on any atom is -0.450 e. The number of anilines is 2. The average Bonchev–Trinajstić information content (AvgIpc) is 2.63. The number of carbonyl (C=O) groups is 1. The molecule has 0 N–H and O–H groups in total. The minimum atomic E-state index is -0.224. The van der Waals surface area contributed by atoms with Crippen LogP contribution in [0.3, 0.4) is 0 Å². The van der Waals surface area contributed by atoms with Crippen LogP contribution in [0.25, 0.3) is 0 Å². The van der Waals surface area contributed by atoms with Gasteiger partial charge in [0.1, 0.15) is 18.0 Å². The number of piperazine rings is 2. The Morgan fingerprint density at radius 1 is 1.00 bits per heavy atom. The second kappa shape index (κ2) is 7.65. The van der Waals surface area contributed by atoms with Crippen molar-refractivity contribution in [2.75, 3.05) is 75.8 Å². The molecule has 0 aliphatic carbocycles. The van der Waals surface area contributed by atoms with E-state index in [0.717, 1.165) is 50.9 Å². The predicted molar refractivity (Wildman–Crippen MR) is 92.6 cm³/mol. The molecule has 2 fully saturated rings. The summed E-state index contributed by atoms with van der Waals surface area (Å²) in [6, 6.07) is 2.06. The van der Waals surface area contributed by atoms with Crippen LogP contribution in [0, 0.1) is 0 Å². The van der Waals surface area contributed by atoms with E-state index in [4.69, 9.17) is 4.74 Å². The molecule has 2 aliphatic heterocycles. The second-order valence-electron chi connectivity index (χ2n) is 6.20. The Balaban J connectivity index is 1.60. The maximum atomic E-state index is 11.8. The van der Waals surface area contributed by atoms with Crippen molar-refractivity contribution in [1.82, 2.24) is 19.8 Å². The van der Waals surface area contributed by atoms with Gasteiger partial charge in [-0.05, 0) is 14.0 Å². The maximum absolute atomic E-state index is 11.8. The van der Waals surface area contributed by atoms with Gasteiger partial charge in [0.05, 0.1) is 6.61 Å². The molecule has 8 heteroatoms. The first-order valence-corrected chi connectivity index (χ1v) is 8.59.